The van der Waals surface area contributed by atoms with Crippen LogP contribution < -0.4 is 0 Å². The van der Waals surface area contributed by atoms with Gasteiger partial charge in [-0.3, -0.25) is 9.69 Å². The molecule has 0 amide bonds. The Morgan fingerprint density at radius 1 is 1.37 bits per heavy atom. The van der Waals surface area contributed by atoms with Crippen molar-refractivity contribution in [1.82, 2.24) is 4.90 Å². The molecule has 0 aromatic rings. The summed E-state index contributed by atoms with van der Waals surface area (Å²) in [5, 5.41) is 0.202. The largest absolute Gasteiger partial charge is 0.468 e. The average molecular weight is 285 g/mol. The third-order valence-electron chi connectivity index (χ3n) is 5.29. The van der Waals surface area contributed by atoms with Gasteiger partial charge < -0.3 is 9.16 Å². The normalized spacial score (nSPS) is 31.2. The predicted octanol–water partition coefficient (Wildman–Crippen LogP) is 2.60. The molecular formula is C14H27NO3Si. The van der Waals surface area contributed by atoms with Crippen LogP contribution in [0.25, 0.3) is 0 Å². The molecule has 2 aliphatic heterocycles. The molecule has 0 atom stereocenters. The number of rotatable bonds is 4. The zero-order valence-electron chi connectivity index (χ0n) is 13.1. The van der Waals surface area contributed by atoms with E-state index in [1.165, 1.54) is 7.11 Å². The number of fused-ring (bicyclic) bond motifs is 1. The highest BCUT2D eigenvalue weighted by atomic mass is 28.4. The Hall–Kier alpha value is -0.393. The molecule has 0 aromatic carbocycles. The maximum absolute atomic E-state index is 12.0. The van der Waals surface area contributed by atoms with Crippen molar-refractivity contribution >= 4 is 14.3 Å². The van der Waals surface area contributed by atoms with E-state index in [-0.39, 0.29) is 16.5 Å². The summed E-state index contributed by atoms with van der Waals surface area (Å²) in [5.74, 6) is 0.571. The molecule has 110 valence electrons. The minimum atomic E-state index is -1.76. The van der Waals surface area contributed by atoms with Crippen LogP contribution in [0.5, 0.6) is 0 Å². The minimum absolute atomic E-state index is 0.0833. The Kier molecular flexibility index (Phi) is 3.61. The van der Waals surface area contributed by atoms with Crippen molar-refractivity contribution in [3.63, 3.8) is 0 Å². The highest BCUT2D eigenvalue weighted by Gasteiger charge is 2.61. The van der Waals surface area contributed by atoms with E-state index >= 15 is 0 Å². The molecule has 0 radical (unpaired) electrons. The first-order valence-electron chi connectivity index (χ1n) is 7.10. The smallest absolute Gasteiger partial charge is 0.326 e. The molecule has 4 nitrogen and oxygen atoms in total. The van der Waals surface area contributed by atoms with E-state index in [1.807, 2.05) is 0 Å². The zero-order valence-corrected chi connectivity index (χ0v) is 14.1. The molecule has 1 aliphatic carbocycles. The van der Waals surface area contributed by atoms with Gasteiger partial charge in [-0.25, -0.2) is 0 Å². The molecule has 0 N–H and O–H groups in total. The van der Waals surface area contributed by atoms with Crippen LogP contribution in [0.4, 0.5) is 0 Å². The third kappa shape index (κ3) is 2.36. The van der Waals surface area contributed by atoms with Gasteiger partial charge in [0, 0.05) is 6.54 Å². The maximum atomic E-state index is 12.0. The summed E-state index contributed by atoms with van der Waals surface area (Å²) in [4.78, 5) is 14.2. The van der Waals surface area contributed by atoms with Crippen LogP contribution in [-0.4, -0.2) is 45.1 Å². The maximum Gasteiger partial charge on any atom is 0.326 e. The summed E-state index contributed by atoms with van der Waals surface area (Å²) in [6, 6.07) is 0. The van der Waals surface area contributed by atoms with Crippen molar-refractivity contribution in [3.05, 3.63) is 0 Å². The van der Waals surface area contributed by atoms with Crippen LogP contribution in [0, 0.1) is 5.92 Å². The average Bonchev–Trinajstić information content (AvgIpc) is 2.77. The Morgan fingerprint density at radius 3 is 2.42 bits per heavy atom. The van der Waals surface area contributed by atoms with Gasteiger partial charge >= 0.3 is 5.97 Å². The second kappa shape index (κ2) is 4.57. The molecule has 1 saturated carbocycles. The molecule has 2 bridgehead atoms. The second-order valence-corrected chi connectivity index (χ2v) is 12.4. The van der Waals surface area contributed by atoms with Crippen LogP contribution >= 0.6 is 0 Å². The van der Waals surface area contributed by atoms with Crippen molar-refractivity contribution in [1.29, 1.82) is 0 Å². The highest BCUT2D eigenvalue weighted by Crippen LogP contribution is 2.51. The summed E-state index contributed by atoms with van der Waals surface area (Å²) in [6.07, 6.45) is 1.89. The van der Waals surface area contributed by atoms with Gasteiger partial charge in [-0.2, -0.15) is 0 Å². The van der Waals surface area contributed by atoms with Gasteiger partial charge in [-0.1, -0.05) is 20.8 Å². The number of hydrogen-bond donors (Lipinski definition) is 0. The number of ether oxygens (including phenoxy) is 1. The number of carbonyl (C=O) groups excluding carboxylic acids is 1. The fourth-order valence-corrected chi connectivity index (χ4v) is 3.80. The van der Waals surface area contributed by atoms with E-state index in [2.05, 4.69) is 38.8 Å². The fraction of sp³-hybridized carbons (Fsp3) is 0.929. The zero-order chi connectivity index (χ0) is 14.5. The Morgan fingerprint density at radius 2 is 1.95 bits per heavy atom. The van der Waals surface area contributed by atoms with Crippen LogP contribution in [0.2, 0.25) is 18.1 Å². The van der Waals surface area contributed by atoms with E-state index < -0.39 is 8.32 Å². The summed E-state index contributed by atoms with van der Waals surface area (Å²) in [6.45, 7) is 12.7. The SMILES string of the molecule is COC(=O)C12CC(CN1CO[Si](C)(C)C(C)(C)C)C2. The molecule has 19 heavy (non-hydrogen) atoms. The molecule has 3 fully saturated rings. The Bertz CT molecular complexity index is 369. The first-order chi connectivity index (χ1) is 8.62. The quantitative estimate of drug-likeness (QED) is 0.588. The van der Waals surface area contributed by atoms with Crippen molar-refractivity contribution in [3.8, 4) is 0 Å². The summed E-state index contributed by atoms with van der Waals surface area (Å²) < 4.78 is 11.2. The molecule has 0 spiro atoms. The number of methoxy groups -OCH3 is 1. The van der Waals surface area contributed by atoms with Crippen LogP contribution in [0.3, 0.4) is 0 Å². The number of nitrogens with zero attached hydrogens (tertiary/aromatic N) is 1. The van der Waals surface area contributed by atoms with E-state index in [4.69, 9.17) is 9.16 Å². The number of hydrogen-bond acceptors (Lipinski definition) is 4. The summed E-state index contributed by atoms with van der Waals surface area (Å²) >= 11 is 0. The lowest BCUT2D eigenvalue weighted by Gasteiger charge is -2.42. The van der Waals surface area contributed by atoms with Crippen LogP contribution in [0.15, 0.2) is 0 Å². The van der Waals surface area contributed by atoms with Crippen molar-refractivity contribution < 1.29 is 14.0 Å². The molecule has 0 aromatic heterocycles. The summed E-state index contributed by atoms with van der Waals surface area (Å²) in [7, 11) is -0.273. The lowest BCUT2D eigenvalue weighted by Crippen LogP contribution is -2.55. The molecule has 2 heterocycles. The minimum Gasteiger partial charge on any atom is -0.468 e. The van der Waals surface area contributed by atoms with Gasteiger partial charge in [-0.15, -0.1) is 0 Å². The van der Waals surface area contributed by atoms with Crippen molar-refractivity contribution in [2.24, 2.45) is 5.92 Å². The molecular weight excluding hydrogens is 258 g/mol. The molecule has 5 heteroatoms. The van der Waals surface area contributed by atoms with E-state index in [1.54, 1.807) is 0 Å². The first-order valence-corrected chi connectivity index (χ1v) is 10.0. The van der Waals surface area contributed by atoms with Gasteiger partial charge in [0.25, 0.3) is 0 Å². The number of esters is 1. The molecule has 2 saturated heterocycles. The van der Waals surface area contributed by atoms with E-state index in [9.17, 15) is 4.79 Å². The second-order valence-electron chi connectivity index (χ2n) is 7.55. The molecule has 3 aliphatic rings. The van der Waals surface area contributed by atoms with Crippen molar-refractivity contribution in [2.45, 2.75) is 57.3 Å². The lowest BCUT2D eigenvalue weighted by atomic mass is 9.73. The van der Waals surface area contributed by atoms with Crippen molar-refractivity contribution in [2.75, 3.05) is 20.4 Å². The van der Waals surface area contributed by atoms with E-state index in [0.717, 1.165) is 19.4 Å². The van der Waals surface area contributed by atoms with Crippen LogP contribution in [0.1, 0.15) is 33.6 Å². The van der Waals surface area contributed by atoms with Gasteiger partial charge in [0.1, 0.15) is 5.54 Å². The standard InChI is InChI=1S/C14H27NO3Si/c1-13(2,3)19(5,6)18-10-15-9-11-7-14(15,8-11)12(16)17-4/h11H,7-10H2,1-6H3. The van der Waals surface area contributed by atoms with Gasteiger partial charge in [0.05, 0.1) is 13.8 Å². The number of carbonyl (C=O) groups is 1. The Balaban J connectivity index is 1.99. The monoisotopic (exact) mass is 285 g/mol. The molecule has 3 rings (SSSR count). The Labute approximate surface area is 117 Å². The predicted molar refractivity (Wildman–Crippen MR) is 77.3 cm³/mol. The lowest BCUT2D eigenvalue weighted by molar-refractivity contribution is -0.158. The van der Waals surface area contributed by atoms with Gasteiger partial charge in [0.2, 0.25) is 0 Å². The van der Waals surface area contributed by atoms with Gasteiger partial charge in [-0.05, 0) is 36.9 Å². The molecule has 0 unspecified atom stereocenters. The van der Waals surface area contributed by atoms with Crippen LogP contribution in [-0.2, 0) is 14.0 Å². The highest BCUT2D eigenvalue weighted by molar-refractivity contribution is 6.74. The third-order valence-corrected chi connectivity index (χ3v) is 9.75. The van der Waals surface area contributed by atoms with Gasteiger partial charge in [0.15, 0.2) is 8.32 Å². The summed E-state index contributed by atoms with van der Waals surface area (Å²) in [5.41, 5.74) is -0.373. The fourth-order valence-electron chi connectivity index (χ4n) is 2.89. The van der Waals surface area contributed by atoms with E-state index in [0.29, 0.717) is 12.6 Å². The topological polar surface area (TPSA) is 38.8 Å². The first kappa shape index (κ1) is 15.0.